The van der Waals surface area contributed by atoms with E-state index in [-0.39, 0.29) is 0 Å². The van der Waals surface area contributed by atoms with Crippen LogP contribution in [0.3, 0.4) is 0 Å². The van der Waals surface area contributed by atoms with Gasteiger partial charge in [-0.25, -0.2) is 4.98 Å². The summed E-state index contributed by atoms with van der Waals surface area (Å²) in [5, 5.41) is 4.91. The predicted molar refractivity (Wildman–Crippen MR) is 82.6 cm³/mol. The lowest BCUT2D eigenvalue weighted by Crippen LogP contribution is -2.21. The summed E-state index contributed by atoms with van der Waals surface area (Å²) in [4.78, 5) is 8.78. The van der Waals surface area contributed by atoms with Crippen LogP contribution in [0.25, 0.3) is 0 Å². The molecule has 1 saturated carbocycles. The largest absolute Gasteiger partial charge is 0.309 e. The van der Waals surface area contributed by atoms with Crippen molar-refractivity contribution in [3.8, 4) is 0 Å². The topological polar surface area (TPSA) is 28.2 Å². The third kappa shape index (κ3) is 4.55. The first-order valence-corrected chi connectivity index (χ1v) is 8.51. The first kappa shape index (κ1) is 14.9. The van der Waals surface area contributed by atoms with E-state index in [2.05, 4.69) is 31.0 Å². The molecule has 1 heterocycles. The van der Waals surface area contributed by atoms with Crippen molar-refractivity contribution in [2.75, 3.05) is 13.1 Å². The van der Waals surface area contributed by atoms with Crippen LogP contribution >= 0.6 is 11.3 Å². The van der Waals surface area contributed by atoms with Crippen molar-refractivity contribution in [3.63, 3.8) is 0 Å². The van der Waals surface area contributed by atoms with Crippen LogP contribution in [-0.4, -0.2) is 29.0 Å². The lowest BCUT2D eigenvalue weighted by atomic mass is 10.2. The average Bonchev–Trinajstić information content (AvgIpc) is 3.17. The number of hydrogen-bond acceptors (Lipinski definition) is 4. The van der Waals surface area contributed by atoms with Crippen LogP contribution in [0.2, 0.25) is 0 Å². The van der Waals surface area contributed by atoms with E-state index in [1.807, 2.05) is 11.3 Å². The van der Waals surface area contributed by atoms with Gasteiger partial charge in [0.1, 0.15) is 5.01 Å². The fourth-order valence-electron chi connectivity index (χ4n) is 2.24. The highest BCUT2D eigenvalue weighted by Crippen LogP contribution is 2.24. The molecule has 0 atom stereocenters. The van der Waals surface area contributed by atoms with E-state index in [0.29, 0.717) is 0 Å². The third-order valence-electron chi connectivity index (χ3n) is 3.69. The number of rotatable bonds is 9. The smallest absolute Gasteiger partial charge is 0.107 e. The van der Waals surface area contributed by atoms with Gasteiger partial charge in [-0.05, 0) is 32.4 Å². The number of nitrogens with zero attached hydrogens (tertiary/aromatic N) is 2. The molecule has 0 unspecified atom stereocenters. The van der Waals surface area contributed by atoms with Gasteiger partial charge in [0.2, 0.25) is 0 Å². The summed E-state index contributed by atoms with van der Waals surface area (Å²) in [5.74, 6) is 0. The van der Waals surface area contributed by atoms with Crippen molar-refractivity contribution in [2.45, 2.75) is 65.6 Å². The zero-order valence-corrected chi connectivity index (χ0v) is 13.4. The number of aryl methyl sites for hydroxylation is 1. The number of aromatic nitrogens is 1. The Morgan fingerprint density at radius 3 is 2.58 bits per heavy atom. The fourth-order valence-corrected chi connectivity index (χ4v) is 3.35. The van der Waals surface area contributed by atoms with E-state index in [0.717, 1.165) is 38.6 Å². The second kappa shape index (κ2) is 7.36. The quantitative estimate of drug-likeness (QED) is 0.753. The molecule has 0 amide bonds. The van der Waals surface area contributed by atoms with Crippen LogP contribution in [0.4, 0.5) is 0 Å². The molecule has 0 spiro atoms. The minimum Gasteiger partial charge on any atom is -0.309 e. The van der Waals surface area contributed by atoms with E-state index in [1.165, 1.54) is 34.8 Å². The Morgan fingerprint density at radius 2 is 2.00 bits per heavy atom. The Kier molecular flexibility index (Phi) is 5.79. The Balaban J connectivity index is 1.99. The second-order valence-corrected chi connectivity index (χ2v) is 6.51. The van der Waals surface area contributed by atoms with Gasteiger partial charge in [0, 0.05) is 17.5 Å². The van der Waals surface area contributed by atoms with Crippen LogP contribution in [0.15, 0.2) is 0 Å². The molecule has 1 aromatic rings. The van der Waals surface area contributed by atoms with Gasteiger partial charge in [0.25, 0.3) is 0 Å². The van der Waals surface area contributed by atoms with Gasteiger partial charge in [0.05, 0.1) is 12.2 Å². The maximum atomic E-state index is 4.87. The third-order valence-corrected chi connectivity index (χ3v) is 4.77. The molecule has 0 saturated heterocycles. The zero-order chi connectivity index (χ0) is 13.7. The van der Waals surface area contributed by atoms with Gasteiger partial charge in [-0.1, -0.05) is 27.2 Å². The maximum Gasteiger partial charge on any atom is 0.107 e. The van der Waals surface area contributed by atoms with Crippen LogP contribution in [0.1, 0.15) is 55.6 Å². The first-order chi connectivity index (χ1) is 9.26. The molecule has 1 aromatic heterocycles. The monoisotopic (exact) mass is 281 g/mol. The second-order valence-electron chi connectivity index (χ2n) is 5.34. The fraction of sp³-hybridized carbons (Fsp3) is 0.800. The summed E-state index contributed by atoms with van der Waals surface area (Å²) >= 11 is 1.91. The SMILES string of the molecule is CCCc1nc(CN(CC)CC)sc1CNC1CC1. The standard InChI is InChI=1S/C15H27N3S/c1-4-7-13-14(10-16-12-8-9-12)19-15(17-13)11-18(5-2)6-3/h12,16H,4-11H2,1-3H3. The molecule has 19 heavy (non-hydrogen) atoms. The van der Waals surface area contributed by atoms with Crippen LogP contribution in [0.5, 0.6) is 0 Å². The van der Waals surface area contributed by atoms with E-state index < -0.39 is 0 Å². The molecule has 3 nitrogen and oxygen atoms in total. The maximum absolute atomic E-state index is 4.87. The molecular formula is C15H27N3S. The molecule has 0 aromatic carbocycles. The summed E-state index contributed by atoms with van der Waals surface area (Å²) in [6, 6.07) is 0.780. The van der Waals surface area contributed by atoms with Gasteiger partial charge >= 0.3 is 0 Å². The molecule has 1 aliphatic rings. The van der Waals surface area contributed by atoms with Gasteiger partial charge in [-0.3, -0.25) is 4.90 Å². The average molecular weight is 281 g/mol. The molecule has 1 aliphatic carbocycles. The van der Waals surface area contributed by atoms with Crippen molar-refractivity contribution < 1.29 is 0 Å². The van der Waals surface area contributed by atoms with Crippen molar-refractivity contribution in [1.82, 2.24) is 15.2 Å². The number of hydrogen-bond donors (Lipinski definition) is 1. The van der Waals surface area contributed by atoms with E-state index in [9.17, 15) is 0 Å². The first-order valence-electron chi connectivity index (χ1n) is 7.69. The Hall–Kier alpha value is -0.450. The zero-order valence-electron chi connectivity index (χ0n) is 12.5. The molecule has 108 valence electrons. The molecule has 0 radical (unpaired) electrons. The van der Waals surface area contributed by atoms with E-state index in [1.54, 1.807) is 0 Å². The highest BCUT2D eigenvalue weighted by molar-refractivity contribution is 7.11. The normalized spacial score (nSPS) is 15.4. The minimum absolute atomic E-state index is 0.780. The van der Waals surface area contributed by atoms with Gasteiger partial charge in [-0.2, -0.15) is 0 Å². The van der Waals surface area contributed by atoms with Gasteiger partial charge in [0.15, 0.2) is 0 Å². The van der Waals surface area contributed by atoms with E-state index >= 15 is 0 Å². The summed E-state index contributed by atoms with van der Waals surface area (Å²) in [7, 11) is 0. The Morgan fingerprint density at radius 1 is 1.26 bits per heavy atom. The molecule has 4 heteroatoms. The Labute approximate surface area is 121 Å². The molecular weight excluding hydrogens is 254 g/mol. The van der Waals surface area contributed by atoms with Crippen molar-refractivity contribution in [3.05, 3.63) is 15.6 Å². The summed E-state index contributed by atoms with van der Waals surface area (Å²) < 4.78 is 0. The molecule has 1 fully saturated rings. The van der Waals surface area contributed by atoms with Gasteiger partial charge < -0.3 is 5.32 Å². The molecule has 0 aliphatic heterocycles. The van der Waals surface area contributed by atoms with Crippen molar-refractivity contribution in [2.24, 2.45) is 0 Å². The predicted octanol–water partition coefficient (Wildman–Crippen LogP) is 3.19. The van der Waals surface area contributed by atoms with Crippen LogP contribution < -0.4 is 5.32 Å². The van der Waals surface area contributed by atoms with E-state index in [4.69, 9.17) is 4.98 Å². The van der Waals surface area contributed by atoms with Crippen molar-refractivity contribution in [1.29, 1.82) is 0 Å². The highest BCUT2D eigenvalue weighted by Gasteiger charge is 2.21. The Bertz CT molecular complexity index is 381. The lowest BCUT2D eigenvalue weighted by Gasteiger charge is -2.15. The molecule has 1 N–H and O–H groups in total. The summed E-state index contributed by atoms with van der Waals surface area (Å²) in [6.07, 6.45) is 5.02. The highest BCUT2D eigenvalue weighted by atomic mass is 32.1. The molecule has 2 rings (SSSR count). The summed E-state index contributed by atoms with van der Waals surface area (Å²) in [5.41, 5.74) is 1.34. The minimum atomic E-state index is 0.780. The van der Waals surface area contributed by atoms with Crippen LogP contribution in [0, 0.1) is 0 Å². The van der Waals surface area contributed by atoms with Crippen LogP contribution in [-0.2, 0) is 19.5 Å². The molecule has 0 bridgehead atoms. The van der Waals surface area contributed by atoms with Crippen molar-refractivity contribution >= 4 is 11.3 Å². The summed E-state index contributed by atoms with van der Waals surface area (Å²) in [6.45, 7) is 10.9. The lowest BCUT2D eigenvalue weighted by molar-refractivity contribution is 0.295. The van der Waals surface area contributed by atoms with Gasteiger partial charge in [-0.15, -0.1) is 11.3 Å². The number of nitrogens with one attached hydrogen (secondary N) is 1. The number of thiazole rings is 1.